The molecule has 4 heterocycles. The lowest BCUT2D eigenvalue weighted by molar-refractivity contribution is 0.0515. The Kier molecular flexibility index (Phi) is 9.74. The second-order valence-electron chi connectivity index (χ2n) is 12.8. The zero-order chi connectivity index (χ0) is 30.5. The number of nitrogens with one attached hydrogen (secondary N) is 2. The summed E-state index contributed by atoms with van der Waals surface area (Å²) in [6.45, 7) is 12.5. The van der Waals surface area contributed by atoms with Gasteiger partial charge >= 0.3 is 0 Å². The van der Waals surface area contributed by atoms with E-state index < -0.39 is 0 Å². The van der Waals surface area contributed by atoms with Crippen molar-refractivity contribution in [2.75, 3.05) is 79.0 Å². The number of aromatic nitrogens is 2. The second kappa shape index (κ2) is 13.9. The third kappa shape index (κ3) is 7.38. The predicted octanol–water partition coefficient (Wildman–Crippen LogP) is 5.97. The van der Waals surface area contributed by atoms with Gasteiger partial charge in [-0.25, -0.2) is 0 Å². The quantitative estimate of drug-likeness (QED) is 0.306. The highest BCUT2D eigenvalue weighted by Gasteiger charge is 2.35. The van der Waals surface area contributed by atoms with Crippen LogP contribution in [0.3, 0.4) is 0 Å². The molecule has 2 atom stereocenters. The molecule has 3 fully saturated rings. The summed E-state index contributed by atoms with van der Waals surface area (Å²) in [6.07, 6.45) is 3.08. The van der Waals surface area contributed by atoms with E-state index in [1.807, 2.05) is 12.1 Å². The lowest BCUT2D eigenvalue weighted by Gasteiger charge is -2.39. The van der Waals surface area contributed by atoms with Crippen molar-refractivity contribution < 1.29 is 4.74 Å². The van der Waals surface area contributed by atoms with Crippen molar-refractivity contribution in [3.05, 3.63) is 71.2 Å². The molecule has 3 aromatic rings. The molecule has 234 valence electrons. The maximum atomic E-state index is 6.21. The minimum atomic E-state index is -0.0824. The number of rotatable bonds is 7. The molecule has 44 heavy (non-hydrogen) atoms. The van der Waals surface area contributed by atoms with Gasteiger partial charge in [-0.15, -0.1) is 0 Å². The fourth-order valence-electron chi connectivity index (χ4n) is 7.01. The van der Waals surface area contributed by atoms with Crippen LogP contribution in [-0.2, 0) is 10.2 Å². The largest absolute Gasteiger partial charge is 0.381 e. The van der Waals surface area contributed by atoms with Gasteiger partial charge in [-0.2, -0.15) is 9.97 Å². The highest BCUT2D eigenvalue weighted by Crippen LogP contribution is 2.35. The first-order valence-electron chi connectivity index (χ1n) is 15.9. The topological polar surface area (TPSA) is 68.8 Å². The SMILES string of the molecule is C[C@H]1C[C@H](C)CN(c2cc(N3CCN(c4ccccc4)CC3)nc(NC(=S)NCC3(c4ccc(Cl)cc4)CCOCC3)n2)C1. The van der Waals surface area contributed by atoms with Gasteiger partial charge in [0.15, 0.2) is 5.11 Å². The van der Waals surface area contributed by atoms with Crippen LogP contribution in [0.5, 0.6) is 0 Å². The fourth-order valence-corrected chi connectivity index (χ4v) is 7.30. The van der Waals surface area contributed by atoms with Gasteiger partial charge < -0.3 is 30.1 Å². The average molecular weight is 634 g/mol. The zero-order valence-corrected chi connectivity index (χ0v) is 27.4. The number of halogens is 1. The molecule has 1 aromatic heterocycles. The van der Waals surface area contributed by atoms with Crippen molar-refractivity contribution in [3.63, 3.8) is 0 Å². The fraction of sp³-hybridized carbons (Fsp3) is 0.500. The summed E-state index contributed by atoms with van der Waals surface area (Å²) in [4.78, 5) is 17.2. The van der Waals surface area contributed by atoms with Gasteiger partial charge in [0, 0.05) is 81.2 Å². The first-order chi connectivity index (χ1) is 21.4. The van der Waals surface area contributed by atoms with Crippen molar-refractivity contribution in [1.82, 2.24) is 15.3 Å². The highest BCUT2D eigenvalue weighted by atomic mass is 35.5. The number of hydrogen-bond acceptors (Lipinski definition) is 7. The number of ether oxygens (including phenoxy) is 1. The molecule has 3 saturated heterocycles. The second-order valence-corrected chi connectivity index (χ2v) is 13.6. The molecule has 0 saturated carbocycles. The van der Waals surface area contributed by atoms with Crippen LogP contribution in [0.4, 0.5) is 23.3 Å². The maximum Gasteiger partial charge on any atom is 0.232 e. The van der Waals surface area contributed by atoms with Crippen molar-refractivity contribution in [1.29, 1.82) is 0 Å². The van der Waals surface area contributed by atoms with E-state index in [0.717, 1.165) is 82.0 Å². The van der Waals surface area contributed by atoms with Gasteiger partial charge in [0.05, 0.1) is 0 Å². The van der Waals surface area contributed by atoms with E-state index in [2.05, 4.69) is 87.7 Å². The van der Waals surface area contributed by atoms with Crippen molar-refractivity contribution in [2.45, 2.75) is 38.5 Å². The summed E-state index contributed by atoms with van der Waals surface area (Å²) >= 11 is 12.1. The monoisotopic (exact) mass is 633 g/mol. The predicted molar refractivity (Wildman–Crippen MR) is 185 cm³/mol. The van der Waals surface area contributed by atoms with Gasteiger partial charge in [0.1, 0.15) is 11.6 Å². The normalized spacial score (nSPS) is 22.0. The van der Waals surface area contributed by atoms with Gasteiger partial charge in [0.2, 0.25) is 5.95 Å². The number of thiocarbonyl (C=S) groups is 1. The summed E-state index contributed by atoms with van der Waals surface area (Å²) in [5.41, 5.74) is 2.44. The van der Waals surface area contributed by atoms with Crippen LogP contribution in [0.15, 0.2) is 60.7 Å². The molecule has 3 aliphatic heterocycles. The Hall–Kier alpha value is -3.14. The number of anilines is 4. The molecule has 8 nitrogen and oxygen atoms in total. The molecule has 6 rings (SSSR count). The summed E-state index contributed by atoms with van der Waals surface area (Å²) in [7, 11) is 0. The van der Waals surface area contributed by atoms with E-state index in [4.69, 9.17) is 38.5 Å². The van der Waals surface area contributed by atoms with Crippen LogP contribution < -0.4 is 25.3 Å². The minimum Gasteiger partial charge on any atom is -0.381 e. The minimum absolute atomic E-state index is 0.0824. The van der Waals surface area contributed by atoms with E-state index in [1.54, 1.807) is 0 Å². The van der Waals surface area contributed by atoms with Crippen molar-refractivity contribution >= 4 is 52.2 Å². The Labute approximate surface area is 272 Å². The Morgan fingerprint density at radius 2 is 1.50 bits per heavy atom. The summed E-state index contributed by atoms with van der Waals surface area (Å²) in [5, 5.41) is 8.14. The number of para-hydroxylation sites is 1. The molecule has 0 spiro atoms. The summed E-state index contributed by atoms with van der Waals surface area (Å²) in [6, 6.07) is 21.0. The lowest BCUT2D eigenvalue weighted by Crippen LogP contribution is -2.47. The molecule has 2 aromatic carbocycles. The van der Waals surface area contributed by atoms with Gasteiger partial charge in [-0.3, -0.25) is 0 Å². The smallest absolute Gasteiger partial charge is 0.232 e. The van der Waals surface area contributed by atoms with Gasteiger partial charge in [-0.05, 0) is 73.1 Å². The summed E-state index contributed by atoms with van der Waals surface area (Å²) < 4.78 is 5.73. The number of benzene rings is 2. The number of nitrogens with zero attached hydrogens (tertiary/aromatic N) is 5. The highest BCUT2D eigenvalue weighted by molar-refractivity contribution is 7.80. The number of piperidine rings is 1. The van der Waals surface area contributed by atoms with Gasteiger partial charge in [0.25, 0.3) is 0 Å². The van der Waals surface area contributed by atoms with Crippen LogP contribution in [0.2, 0.25) is 5.02 Å². The molecule has 0 radical (unpaired) electrons. The summed E-state index contributed by atoms with van der Waals surface area (Å²) in [5.74, 6) is 3.69. The molecular formula is C34H44ClN7OS. The molecule has 0 bridgehead atoms. The van der Waals surface area contributed by atoms with Crippen molar-refractivity contribution in [3.8, 4) is 0 Å². The van der Waals surface area contributed by atoms with E-state index in [9.17, 15) is 0 Å². The zero-order valence-electron chi connectivity index (χ0n) is 25.8. The molecular weight excluding hydrogens is 590 g/mol. The van der Waals surface area contributed by atoms with Crippen molar-refractivity contribution in [2.24, 2.45) is 11.8 Å². The first kappa shape index (κ1) is 30.9. The third-order valence-electron chi connectivity index (χ3n) is 9.34. The molecule has 0 aliphatic carbocycles. The van der Waals surface area contributed by atoms with E-state index in [1.165, 1.54) is 17.7 Å². The average Bonchev–Trinajstić information content (AvgIpc) is 3.04. The molecule has 3 aliphatic rings. The standard InChI is InChI=1S/C34H44ClN7OS/c1-25-20-26(2)23-42(22-25)31-21-30(41-16-14-40(15-17-41)29-6-4-3-5-7-29)37-32(38-31)39-33(44)36-24-34(12-18-43-19-13-34)27-8-10-28(35)11-9-27/h3-11,21,25-26H,12-20,22-24H2,1-2H3,(H2,36,37,38,39,44)/t25-,26-/m0/s1. The molecule has 0 unspecified atom stereocenters. The van der Waals surface area contributed by atoms with Crippen LogP contribution >= 0.6 is 23.8 Å². The molecule has 2 N–H and O–H groups in total. The lowest BCUT2D eigenvalue weighted by atomic mass is 9.74. The Bertz CT molecular complexity index is 1380. The van der Waals surface area contributed by atoms with Crippen LogP contribution in [-0.4, -0.2) is 74.1 Å². The molecule has 10 heteroatoms. The number of piperazine rings is 1. The maximum absolute atomic E-state index is 6.21. The Morgan fingerprint density at radius 1 is 0.886 bits per heavy atom. The van der Waals surface area contributed by atoms with Crippen LogP contribution in [0.1, 0.15) is 38.7 Å². The Morgan fingerprint density at radius 3 is 2.16 bits per heavy atom. The third-order valence-corrected chi connectivity index (χ3v) is 9.83. The van der Waals surface area contributed by atoms with E-state index in [0.29, 0.717) is 29.4 Å². The number of hydrogen-bond donors (Lipinski definition) is 2. The van der Waals surface area contributed by atoms with Crippen LogP contribution in [0, 0.1) is 11.8 Å². The van der Waals surface area contributed by atoms with Crippen LogP contribution in [0.25, 0.3) is 0 Å². The van der Waals surface area contributed by atoms with E-state index in [-0.39, 0.29) is 5.41 Å². The Balaban J connectivity index is 1.19. The molecule has 0 amide bonds. The first-order valence-corrected chi connectivity index (χ1v) is 16.7. The van der Waals surface area contributed by atoms with Gasteiger partial charge in [-0.1, -0.05) is 55.8 Å². The van der Waals surface area contributed by atoms with E-state index >= 15 is 0 Å².